The third kappa shape index (κ3) is 4.92. The fourth-order valence-electron chi connectivity index (χ4n) is 2.38. The average Bonchev–Trinajstić information content (AvgIpc) is 3.13. The van der Waals surface area contributed by atoms with Gasteiger partial charge in [-0.15, -0.1) is 0 Å². The van der Waals surface area contributed by atoms with Crippen LogP contribution in [0.1, 0.15) is 46.5 Å². The summed E-state index contributed by atoms with van der Waals surface area (Å²) in [5.74, 6) is 0. The first-order valence-electron chi connectivity index (χ1n) is 7.18. The summed E-state index contributed by atoms with van der Waals surface area (Å²) in [5.41, 5.74) is 0.430. The van der Waals surface area contributed by atoms with E-state index in [1.54, 1.807) is 0 Å². The highest BCUT2D eigenvalue weighted by Gasteiger charge is 2.44. The molecule has 0 aromatic rings. The topological polar surface area (TPSA) is 12.5 Å². The lowest BCUT2D eigenvalue weighted by atomic mass is 10.0. The zero-order valence-corrected chi connectivity index (χ0v) is 11.7. The number of likely N-dealkylation sites (tertiary alicyclic amines) is 1. The van der Waals surface area contributed by atoms with Crippen molar-refractivity contribution >= 4 is 0 Å². The van der Waals surface area contributed by atoms with E-state index in [9.17, 15) is 4.39 Å². The summed E-state index contributed by atoms with van der Waals surface area (Å²) in [6.45, 7) is 10.8. The van der Waals surface area contributed by atoms with E-state index < -0.39 is 6.17 Å². The van der Waals surface area contributed by atoms with Crippen LogP contribution in [0.25, 0.3) is 0 Å². The fraction of sp³-hybridized carbons (Fsp3) is 1.00. The Labute approximate surface area is 106 Å². The third-order valence-electron chi connectivity index (χ3n) is 3.65. The molecule has 0 atom stereocenters. The molecule has 0 spiro atoms. The molecular formula is C14H28FNO. The van der Waals surface area contributed by atoms with Crippen LogP contribution in [0, 0.1) is 5.41 Å². The largest absolute Gasteiger partial charge is 0.381 e. The molecule has 1 heterocycles. The minimum absolute atomic E-state index is 0.430. The maximum atomic E-state index is 13.0. The molecule has 1 aliphatic carbocycles. The van der Waals surface area contributed by atoms with E-state index in [1.807, 2.05) is 20.8 Å². The van der Waals surface area contributed by atoms with Crippen molar-refractivity contribution < 1.29 is 9.13 Å². The van der Waals surface area contributed by atoms with Gasteiger partial charge in [-0.3, -0.25) is 0 Å². The second kappa shape index (κ2) is 7.32. The van der Waals surface area contributed by atoms with E-state index in [1.165, 1.54) is 12.8 Å². The Bertz CT molecular complexity index is 198. The highest BCUT2D eigenvalue weighted by molar-refractivity contribution is 4.96. The van der Waals surface area contributed by atoms with E-state index in [2.05, 4.69) is 4.90 Å². The molecule has 2 aliphatic rings. The minimum Gasteiger partial charge on any atom is -0.381 e. The molecule has 2 rings (SSSR count). The Balaban J connectivity index is 0.000000686. The molecule has 1 saturated carbocycles. The summed E-state index contributed by atoms with van der Waals surface area (Å²) in [4.78, 5) is 2.42. The quantitative estimate of drug-likeness (QED) is 0.737. The molecule has 3 heteroatoms. The van der Waals surface area contributed by atoms with Crippen molar-refractivity contribution in [2.45, 2.75) is 52.6 Å². The van der Waals surface area contributed by atoms with E-state index in [0.717, 1.165) is 45.7 Å². The molecule has 1 aliphatic heterocycles. The Morgan fingerprint density at radius 1 is 1.24 bits per heavy atom. The van der Waals surface area contributed by atoms with Gasteiger partial charge in [0.2, 0.25) is 0 Å². The van der Waals surface area contributed by atoms with Gasteiger partial charge in [-0.25, -0.2) is 4.39 Å². The second-order valence-electron chi connectivity index (χ2n) is 5.09. The summed E-state index contributed by atoms with van der Waals surface area (Å²) in [6, 6.07) is 0. The SMILES string of the molecule is CC.CCOCC1(CN2CCC(F)CC2)CC1. The van der Waals surface area contributed by atoms with Crippen molar-refractivity contribution in [3.05, 3.63) is 0 Å². The predicted octanol–water partition coefficient (Wildman–Crippen LogP) is 3.26. The van der Waals surface area contributed by atoms with Gasteiger partial charge in [-0.2, -0.15) is 0 Å². The maximum absolute atomic E-state index is 13.0. The summed E-state index contributed by atoms with van der Waals surface area (Å²) in [6.07, 6.45) is 3.49. The normalized spacial score (nSPS) is 24.0. The molecule has 0 unspecified atom stereocenters. The van der Waals surface area contributed by atoms with Crippen LogP contribution in [0.15, 0.2) is 0 Å². The average molecular weight is 245 g/mol. The molecule has 17 heavy (non-hydrogen) atoms. The minimum atomic E-state index is -0.553. The number of hydrogen-bond donors (Lipinski definition) is 0. The molecule has 1 saturated heterocycles. The van der Waals surface area contributed by atoms with Gasteiger partial charge < -0.3 is 9.64 Å². The van der Waals surface area contributed by atoms with E-state index in [-0.39, 0.29) is 0 Å². The van der Waals surface area contributed by atoms with Gasteiger partial charge in [-0.05, 0) is 32.6 Å². The molecule has 102 valence electrons. The molecule has 2 nitrogen and oxygen atoms in total. The number of hydrogen-bond acceptors (Lipinski definition) is 2. The highest BCUT2D eigenvalue weighted by atomic mass is 19.1. The summed E-state index contributed by atoms with van der Waals surface area (Å²) < 4.78 is 18.5. The van der Waals surface area contributed by atoms with Crippen molar-refractivity contribution in [1.82, 2.24) is 4.90 Å². The first kappa shape index (κ1) is 14.9. The predicted molar refractivity (Wildman–Crippen MR) is 70.1 cm³/mol. The highest BCUT2D eigenvalue weighted by Crippen LogP contribution is 2.46. The number of nitrogens with zero attached hydrogens (tertiary/aromatic N) is 1. The number of ether oxygens (including phenoxy) is 1. The molecule has 0 aromatic heterocycles. The van der Waals surface area contributed by atoms with Crippen LogP contribution in [0.3, 0.4) is 0 Å². The molecular weight excluding hydrogens is 217 g/mol. The van der Waals surface area contributed by atoms with Gasteiger partial charge >= 0.3 is 0 Å². The Kier molecular flexibility index (Phi) is 6.42. The van der Waals surface area contributed by atoms with Gasteiger partial charge in [0.15, 0.2) is 0 Å². The van der Waals surface area contributed by atoms with E-state index >= 15 is 0 Å². The third-order valence-corrected chi connectivity index (χ3v) is 3.65. The Morgan fingerprint density at radius 3 is 2.29 bits per heavy atom. The van der Waals surface area contributed by atoms with Crippen LogP contribution in [-0.2, 0) is 4.74 Å². The van der Waals surface area contributed by atoms with Crippen molar-refractivity contribution in [2.75, 3.05) is 32.8 Å². The Hall–Kier alpha value is -0.150. The summed E-state index contributed by atoms with van der Waals surface area (Å²) in [5, 5.41) is 0. The molecule has 0 aromatic carbocycles. The lowest BCUT2D eigenvalue weighted by Crippen LogP contribution is -2.39. The molecule has 0 N–H and O–H groups in total. The van der Waals surface area contributed by atoms with Gasteiger partial charge in [0.05, 0.1) is 6.61 Å². The first-order chi connectivity index (χ1) is 8.24. The number of piperidine rings is 1. The van der Waals surface area contributed by atoms with Gasteiger partial charge in [0.25, 0.3) is 0 Å². The Morgan fingerprint density at radius 2 is 1.82 bits per heavy atom. The van der Waals surface area contributed by atoms with Crippen LogP contribution >= 0.6 is 0 Å². The van der Waals surface area contributed by atoms with E-state index in [0.29, 0.717) is 5.41 Å². The lowest BCUT2D eigenvalue weighted by molar-refractivity contribution is 0.0641. The maximum Gasteiger partial charge on any atom is 0.103 e. The second-order valence-corrected chi connectivity index (χ2v) is 5.09. The van der Waals surface area contributed by atoms with Crippen LogP contribution in [0.2, 0.25) is 0 Å². The lowest BCUT2D eigenvalue weighted by Gasteiger charge is -2.31. The van der Waals surface area contributed by atoms with Gasteiger partial charge in [-0.1, -0.05) is 13.8 Å². The summed E-state index contributed by atoms with van der Waals surface area (Å²) >= 11 is 0. The van der Waals surface area contributed by atoms with Crippen molar-refractivity contribution in [3.63, 3.8) is 0 Å². The molecule has 2 fully saturated rings. The molecule has 0 radical (unpaired) electrons. The number of halogens is 1. The molecule has 0 amide bonds. The zero-order chi connectivity index (χ0) is 12.7. The first-order valence-corrected chi connectivity index (χ1v) is 7.18. The van der Waals surface area contributed by atoms with Crippen LogP contribution in [0.4, 0.5) is 4.39 Å². The zero-order valence-electron chi connectivity index (χ0n) is 11.7. The van der Waals surface area contributed by atoms with Crippen LogP contribution < -0.4 is 0 Å². The van der Waals surface area contributed by atoms with Crippen molar-refractivity contribution in [1.29, 1.82) is 0 Å². The van der Waals surface area contributed by atoms with Crippen LogP contribution in [0.5, 0.6) is 0 Å². The van der Waals surface area contributed by atoms with Crippen molar-refractivity contribution in [2.24, 2.45) is 5.41 Å². The monoisotopic (exact) mass is 245 g/mol. The summed E-state index contributed by atoms with van der Waals surface area (Å²) in [7, 11) is 0. The standard InChI is InChI=1S/C12H22FNO.C2H6/c1-2-15-10-12(5-6-12)9-14-7-3-11(13)4-8-14;1-2/h11H,2-10H2,1H3;1-2H3. The number of alkyl halides is 1. The van der Waals surface area contributed by atoms with Gasteiger partial charge in [0.1, 0.15) is 6.17 Å². The van der Waals surface area contributed by atoms with Crippen LogP contribution in [-0.4, -0.2) is 43.9 Å². The van der Waals surface area contributed by atoms with E-state index in [4.69, 9.17) is 4.74 Å². The smallest absolute Gasteiger partial charge is 0.103 e. The van der Waals surface area contributed by atoms with Crippen molar-refractivity contribution in [3.8, 4) is 0 Å². The number of rotatable bonds is 5. The molecule has 0 bridgehead atoms. The fourth-order valence-corrected chi connectivity index (χ4v) is 2.38. The van der Waals surface area contributed by atoms with Gasteiger partial charge in [0, 0.05) is 31.7 Å².